The third-order valence-corrected chi connectivity index (χ3v) is 5.88. The first kappa shape index (κ1) is 15.3. The van der Waals surface area contributed by atoms with Gasteiger partial charge in [0.15, 0.2) is 0 Å². The highest BCUT2D eigenvalue weighted by Gasteiger charge is 2.38. The molecule has 0 bridgehead atoms. The van der Waals surface area contributed by atoms with Gasteiger partial charge in [-0.05, 0) is 50.8 Å². The lowest BCUT2D eigenvalue weighted by Crippen LogP contribution is -2.48. The van der Waals surface area contributed by atoms with E-state index in [-0.39, 0.29) is 17.5 Å². The molecular formula is C15H20N2O4S. The number of benzene rings is 1. The normalized spacial score (nSPS) is 23.0. The van der Waals surface area contributed by atoms with Crippen LogP contribution in [0.4, 0.5) is 5.69 Å². The Balaban J connectivity index is 2.01. The fourth-order valence-electron chi connectivity index (χ4n) is 3.13. The fourth-order valence-corrected chi connectivity index (χ4v) is 4.62. The Morgan fingerprint density at radius 2 is 2.18 bits per heavy atom. The maximum atomic E-state index is 12.4. The van der Waals surface area contributed by atoms with Gasteiger partial charge in [-0.1, -0.05) is 6.07 Å². The van der Waals surface area contributed by atoms with Gasteiger partial charge in [-0.15, -0.1) is 0 Å². The van der Waals surface area contributed by atoms with Crippen molar-refractivity contribution in [3.8, 4) is 0 Å². The summed E-state index contributed by atoms with van der Waals surface area (Å²) in [5, 5.41) is 9.23. The molecule has 2 heterocycles. The topological polar surface area (TPSA) is 86.7 Å². The molecular weight excluding hydrogens is 304 g/mol. The molecule has 2 aliphatic rings. The van der Waals surface area contributed by atoms with Gasteiger partial charge in [0.1, 0.15) is 4.90 Å². The van der Waals surface area contributed by atoms with Gasteiger partial charge in [-0.25, -0.2) is 8.42 Å². The number of sulfonamides is 1. The highest BCUT2D eigenvalue weighted by atomic mass is 32.2. The second-order valence-corrected chi connectivity index (χ2v) is 8.32. The van der Waals surface area contributed by atoms with Crippen molar-refractivity contribution in [1.29, 1.82) is 0 Å². The molecule has 22 heavy (non-hydrogen) atoms. The summed E-state index contributed by atoms with van der Waals surface area (Å²) in [6, 6.07) is 5.25. The summed E-state index contributed by atoms with van der Waals surface area (Å²) in [6.07, 6.45) is 1.90. The Morgan fingerprint density at radius 1 is 1.45 bits per heavy atom. The molecule has 0 amide bonds. The minimum Gasteiger partial charge on any atom is -0.481 e. The fraction of sp³-hybridized carbons (Fsp3) is 0.533. The number of aliphatic carboxylic acids is 1. The molecule has 3 rings (SSSR count). The van der Waals surface area contributed by atoms with Crippen molar-refractivity contribution >= 4 is 21.7 Å². The van der Waals surface area contributed by atoms with Gasteiger partial charge in [0.25, 0.3) is 0 Å². The quantitative estimate of drug-likeness (QED) is 0.881. The molecule has 1 saturated heterocycles. The number of carboxylic acid groups (broad SMARTS) is 1. The van der Waals surface area contributed by atoms with Crippen molar-refractivity contribution in [1.82, 2.24) is 4.72 Å². The van der Waals surface area contributed by atoms with Crippen molar-refractivity contribution in [3.05, 3.63) is 23.8 Å². The summed E-state index contributed by atoms with van der Waals surface area (Å²) in [4.78, 5) is 13.6. The summed E-state index contributed by atoms with van der Waals surface area (Å²) >= 11 is 0. The Hall–Kier alpha value is -1.60. The Morgan fingerprint density at radius 3 is 2.86 bits per heavy atom. The molecule has 0 radical (unpaired) electrons. The van der Waals surface area contributed by atoms with E-state index in [1.165, 1.54) is 0 Å². The molecule has 1 fully saturated rings. The van der Waals surface area contributed by atoms with Gasteiger partial charge in [0, 0.05) is 6.54 Å². The van der Waals surface area contributed by atoms with Crippen molar-refractivity contribution in [3.63, 3.8) is 0 Å². The molecule has 1 unspecified atom stereocenters. The maximum Gasteiger partial charge on any atom is 0.309 e. The summed E-state index contributed by atoms with van der Waals surface area (Å²) in [5.41, 5.74) is 0.503. The van der Waals surface area contributed by atoms with Crippen LogP contribution < -0.4 is 9.62 Å². The van der Waals surface area contributed by atoms with Gasteiger partial charge < -0.3 is 10.0 Å². The van der Waals surface area contributed by atoms with Crippen molar-refractivity contribution in [2.45, 2.75) is 44.2 Å². The lowest BCUT2D eigenvalue weighted by atomic mass is 9.86. The molecule has 2 N–H and O–H groups in total. The molecule has 7 heteroatoms. The molecule has 1 aromatic rings. The third kappa shape index (κ3) is 2.48. The molecule has 2 aliphatic heterocycles. The van der Waals surface area contributed by atoms with Crippen molar-refractivity contribution in [2.75, 3.05) is 11.4 Å². The Bertz CT molecular complexity index is 727. The van der Waals surface area contributed by atoms with Crippen molar-refractivity contribution < 1.29 is 18.3 Å². The second kappa shape index (κ2) is 4.96. The van der Waals surface area contributed by atoms with E-state index in [1.54, 1.807) is 26.0 Å². The lowest BCUT2D eigenvalue weighted by Gasteiger charge is -2.34. The Labute approximate surface area is 130 Å². The zero-order valence-electron chi connectivity index (χ0n) is 12.7. The molecule has 0 aromatic heterocycles. The van der Waals surface area contributed by atoms with E-state index < -0.39 is 21.4 Å². The number of rotatable bonds is 3. The second-order valence-electron chi connectivity index (χ2n) is 6.64. The number of carboxylic acids is 1. The summed E-state index contributed by atoms with van der Waals surface area (Å²) in [6.45, 7) is 4.11. The summed E-state index contributed by atoms with van der Waals surface area (Å²) < 4.78 is 27.5. The van der Waals surface area contributed by atoms with Crippen LogP contribution in [0.2, 0.25) is 0 Å². The van der Waals surface area contributed by atoms with E-state index in [1.807, 2.05) is 6.07 Å². The predicted octanol–water partition coefficient (Wildman–Crippen LogP) is 1.56. The minimum absolute atomic E-state index is 0.154. The van der Waals surface area contributed by atoms with Crippen LogP contribution in [0.15, 0.2) is 23.1 Å². The zero-order valence-corrected chi connectivity index (χ0v) is 13.5. The number of hydrogen-bond acceptors (Lipinski definition) is 4. The first-order valence-electron chi connectivity index (χ1n) is 7.36. The van der Waals surface area contributed by atoms with Crippen LogP contribution in [0.5, 0.6) is 0 Å². The molecule has 0 spiro atoms. The number of fused-ring (bicyclic) bond motifs is 3. The zero-order chi connectivity index (χ0) is 16.1. The predicted molar refractivity (Wildman–Crippen MR) is 82.3 cm³/mol. The highest BCUT2D eigenvalue weighted by Crippen LogP contribution is 2.36. The van der Waals surface area contributed by atoms with E-state index in [0.717, 1.165) is 25.1 Å². The number of carbonyl (C=O) groups is 1. The third-order valence-electron chi connectivity index (χ3n) is 4.39. The van der Waals surface area contributed by atoms with Crippen LogP contribution in [-0.4, -0.2) is 32.2 Å². The first-order valence-corrected chi connectivity index (χ1v) is 8.84. The number of anilines is 1. The van der Waals surface area contributed by atoms with E-state index in [9.17, 15) is 18.3 Å². The van der Waals surface area contributed by atoms with E-state index in [4.69, 9.17) is 0 Å². The summed E-state index contributed by atoms with van der Waals surface area (Å²) in [7, 11) is -3.53. The molecule has 1 aromatic carbocycles. The van der Waals surface area contributed by atoms with E-state index >= 15 is 0 Å². The van der Waals surface area contributed by atoms with Gasteiger partial charge in [0.2, 0.25) is 10.0 Å². The highest BCUT2D eigenvalue weighted by molar-refractivity contribution is 7.89. The van der Waals surface area contributed by atoms with Gasteiger partial charge >= 0.3 is 5.97 Å². The molecule has 6 nitrogen and oxygen atoms in total. The van der Waals surface area contributed by atoms with Crippen LogP contribution in [-0.2, 0) is 21.2 Å². The SMILES string of the molecule is CC(C)(Cc1ccc2c(c1)S(=O)(=O)NC1CCCN21)C(=O)O. The molecule has 0 aliphatic carbocycles. The smallest absolute Gasteiger partial charge is 0.309 e. The average molecular weight is 324 g/mol. The monoisotopic (exact) mass is 324 g/mol. The van der Waals surface area contributed by atoms with Crippen LogP contribution in [0, 0.1) is 5.41 Å². The van der Waals surface area contributed by atoms with Crippen molar-refractivity contribution in [2.24, 2.45) is 5.41 Å². The maximum absolute atomic E-state index is 12.4. The van der Waals surface area contributed by atoms with E-state index in [0.29, 0.717) is 5.56 Å². The van der Waals surface area contributed by atoms with Gasteiger partial charge in [-0.3, -0.25) is 4.79 Å². The van der Waals surface area contributed by atoms with Crippen LogP contribution in [0.25, 0.3) is 0 Å². The number of hydrogen-bond donors (Lipinski definition) is 2. The largest absolute Gasteiger partial charge is 0.481 e. The molecule has 120 valence electrons. The number of nitrogens with zero attached hydrogens (tertiary/aromatic N) is 1. The molecule has 0 saturated carbocycles. The Kier molecular flexibility index (Phi) is 3.45. The van der Waals surface area contributed by atoms with Crippen LogP contribution in [0.3, 0.4) is 0 Å². The average Bonchev–Trinajstić information content (AvgIpc) is 2.85. The first-order chi connectivity index (χ1) is 10.2. The lowest BCUT2D eigenvalue weighted by molar-refractivity contribution is -0.146. The number of nitrogens with one attached hydrogen (secondary N) is 1. The van der Waals surface area contributed by atoms with Crippen LogP contribution >= 0.6 is 0 Å². The summed E-state index contributed by atoms with van der Waals surface area (Å²) in [5.74, 6) is -0.897. The van der Waals surface area contributed by atoms with Crippen LogP contribution in [0.1, 0.15) is 32.3 Å². The standard InChI is InChI=1S/C15H20N2O4S/c1-15(2,14(18)19)9-10-5-6-11-12(8-10)22(20,21)16-13-4-3-7-17(11)13/h5-6,8,13,16H,3-4,7,9H2,1-2H3,(H,18,19). The minimum atomic E-state index is -3.53. The van der Waals surface area contributed by atoms with Gasteiger partial charge in [-0.2, -0.15) is 4.72 Å². The van der Waals surface area contributed by atoms with E-state index in [2.05, 4.69) is 9.62 Å². The molecule has 1 atom stereocenters. The van der Waals surface area contributed by atoms with Gasteiger partial charge in [0.05, 0.1) is 17.3 Å².